The van der Waals surface area contributed by atoms with Crippen molar-refractivity contribution in [2.75, 3.05) is 27.9 Å². The van der Waals surface area contributed by atoms with E-state index in [-0.39, 0.29) is 0 Å². The number of hydrogen-bond donors (Lipinski definition) is 1. The number of benzene rings is 1. The third-order valence-corrected chi connectivity index (χ3v) is 3.96. The van der Waals surface area contributed by atoms with Gasteiger partial charge in [-0.05, 0) is 43.9 Å². The molecule has 0 bridgehead atoms. The molecule has 2 rings (SSSR count). The number of rotatable bonds is 6. The molecule has 1 unspecified atom stereocenters. The van der Waals surface area contributed by atoms with Crippen LogP contribution in [0.1, 0.15) is 31.2 Å². The Hall–Kier alpha value is -1.42. The van der Waals surface area contributed by atoms with Gasteiger partial charge in [-0.3, -0.25) is 0 Å². The van der Waals surface area contributed by atoms with Gasteiger partial charge >= 0.3 is 0 Å². The van der Waals surface area contributed by atoms with Crippen LogP contribution in [0.2, 0.25) is 0 Å². The van der Waals surface area contributed by atoms with Crippen LogP contribution in [0.5, 0.6) is 17.2 Å². The highest BCUT2D eigenvalue weighted by atomic mass is 16.5. The minimum absolute atomic E-state index is 0.626. The molecule has 1 atom stereocenters. The largest absolute Gasteiger partial charge is 0.493 e. The van der Waals surface area contributed by atoms with E-state index in [1.165, 1.54) is 24.8 Å². The summed E-state index contributed by atoms with van der Waals surface area (Å²) in [7, 11) is 4.97. The Bertz CT molecular complexity index is 428. The minimum atomic E-state index is 0.626. The zero-order valence-electron chi connectivity index (χ0n) is 12.7. The number of piperidine rings is 1. The van der Waals surface area contributed by atoms with Crippen molar-refractivity contribution in [3.8, 4) is 17.2 Å². The highest BCUT2D eigenvalue weighted by molar-refractivity contribution is 5.55. The summed E-state index contributed by atoms with van der Waals surface area (Å²) >= 11 is 0. The Morgan fingerprint density at radius 1 is 1.05 bits per heavy atom. The van der Waals surface area contributed by atoms with Crippen LogP contribution in [0.4, 0.5) is 0 Å². The quantitative estimate of drug-likeness (QED) is 0.869. The van der Waals surface area contributed by atoms with Crippen LogP contribution < -0.4 is 19.5 Å². The van der Waals surface area contributed by atoms with E-state index in [0.29, 0.717) is 17.5 Å². The van der Waals surface area contributed by atoms with Gasteiger partial charge in [-0.1, -0.05) is 12.5 Å². The summed E-state index contributed by atoms with van der Waals surface area (Å²) in [5.41, 5.74) is 1.18. The molecule has 0 amide bonds. The zero-order valence-corrected chi connectivity index (χ0v) is 12.7. The van der Waals surface area contributed by atoms with Gasteiger partial charge in [0.2, 0.25) is 5.75 Å². The molecule has 4 heteroatoms. The Morgan fingerprint density at radius 2 is 1.85 bits per heavy atom. The number of aryl methyl sites for hydroxylation is 1. The normalized spacial score (nSPS) is 18.6. The summed E-state index contributed by atoms with van der Waals surface area (Å²) in [6.07, 6.45) is 6.03. The lowest BCUT2D eigenvalue weighted by Gasteiger charge is -2.24. The van der Waals surface area contributed by atoms with E-state index < -0.39 is 0 Å². The van der Waals surface area contributed by atoms with Gasteiger partial charge in [0.1, 0.15) is 0 Å². The fourth-order valence-corrected chi connectivity index (χ4v) is 2.86. The van der Waals surface area contributed by atoms with Crippen LogP contribution >= 0.6 is 0 Å². The molecule has 1 N–H and O–H groups in total. The molecule has 0 aromatic heterocycles. The van der Waals surface area contributed by atoms with Crippen LogP contribution in [-0.4, -0.2) is 33.9 Å². The predicted molar refractivity (Wildman–Crippen MR) is 80.1 cm³/mol. The Kier molecular flexibility index (Phi) is 5.53. The van der Waals surface area contributed by atoms with Crippen LogP contribution in [-0.2, 0) is 6.42 Å². The zero-order chi connectivity index (χ0) is 14.4. The molecule has 20 heavy (non-hydrogen) atoms. The first-order valence-electron chi connectivity index (χ1n) is 7.31. The average molecular weight is 279 g/mol. The highest BCUT2D eigenvalue weighted by Gasteiger charge is 2.18. The van der Waals surface area contributed by atoms with E-state index in [9.17, 15) is 0 Å². The van der Waals surface area contributed by atoms with Crippen molar-refractivity contribution in [3.05, 3.63) is 17.7 Å². The maximum atomic E-state index is 5.52. The number of ether oxygens (including phenoxy) is 3. The molecule has 4 nitrogen and oxygen atoms in total. The third kappa shape index (κ3) is 3.37. The van der Waals surface area contributed by atoms with Gasteiger partial charge in [-0.15, -0.1) is 0 Å². The Balaban J connectivity index is 2.10. The van der Waals surface area contributed by atoms with E-state index in [1.54, 1.807) is 21.3 Å². The fourth-order valence-electron chi connectivity index (χ4n) is 2.86. The van der Waals surface area contributed by atoms with Crippen LogP contribution in [0.15, 0.2) is 12.1 Å². The van der Waals surface area contributed by atoms with Gasteiger partial charge in [0.05, 0.1) is 21.3 Å². The van der Waals surface area contributed by atoms with Crippen molar-refractivity contribution in [1.29, 1.82) is 0 Å². The summed E-state index contributed by atoms with van der Waals surface area (Å²) in [4.78, 5) is 0. The number of nitrogens with one attached hydrogen (secondary N) is 1. The summed E-state index contributed by atoms with van der Waals surface area (Å²) in [5, 5.41) is 3.58. The molecule has 1 heterocycles. The van der Waals surface area contributed by atoms with Crippen molar-refractivity contribution in [1.82, 2.24) is 5.32 Å². The summed E-state index contributed by atoms with van der Waals surface area (Å²) in [6.45, 7) is 1.15. The van der Waals surface area contributed by atoms with Crippen molar-refractivity contribution in [2.45, 2.75) is 38.1 Å². The van der Waals surface area contributed by atoms with E-state index in [1.807, 2.05) is 6.07 Å². The lowest BCUT2D eigenvalue weighted by Crippen LogP contribution is -2.34. The topological polar surface area (TPSA) is 39.7 Å². The van der Waals surface area contributed by atoms with E-state index in [4.69, 9.17) is 14.2 Å². The minimum Gasteiger partial charge on any atom is -0.493 e. The second kappa shape index (κ2) is 7.39. The second-order valence-electron chi connectivity index (χ2n) is 5.18. The van der Waals surface area contributed by atoms with E-state index in [0.717, 1.165) is 25.1 Å². The van der Waals surface area contributed by atoms with Gasteiger partial charge < -0.3 is 19.5 Å². The lowest BCUT2D eigenvalue weighted by molar-refractivity contribution is 0.320. The molecule has 0 aliphatic carbocycles. The van der Waals surface area contributed by atoms with Gasteiger partial charge in [0.15, 0.2) is 11.5 Å². The van der Waals surface area contributed by atoms with Crippen LogP contribution in [0.25, 0.3) is 0 Å². The molecule has 0 spiro atoms. The molecule has 1 aliphatic rings. The van der Waals surface area contributed by atoms with E-state index in [2.05, 4.69) is 11.4 Å². The predicted octanol–water partition coefficient (Wildman–Crippen LogP) is 2.79. The lowest BCUT2D eigenvalue weighted by atomic mass is 9.97. The van der Waals surface area contributed by atoms with Gasteiger partial charge in [0.25, 0.3) is 0 Å². The van der Waals surface area contributed by atoms with Gasteiger partial charge in [-0.25, -0.2) is 0 Å². The smallest absolute Gasteiger partial charge is 0.203 e. The summed E-state index contributed by atoms with van der Waals surface area (Å²) in [6, 6.07) is 4.65. The molecule has 1 saturated heterocycles. The fraction of sp³-hybridized carbons (Fsp3) is 0.625. The molecule has 0 radical (unpaired) electrons. The summed E-state index contributed by atoms with van der Waals surface area (Å²) < 4.78 is 16.3. The van der Waals surface area contributed by atoms with Gasteiger partial charge in [0, 0.05) is 6.04 Å². The maximum absolute atomic E-state index is 5.52. The van der Waals surface area contributed by atoms with Gasteiger partial charge in [-0.2, -0.15) is 0 Å². The number of methoxy groups -OCH3 is 3. The molecule has 1 aromatic rings. The number of hydrogen-bond acceptors (Lipinski definition) is 4. The molecule has 112 valence electrons. The van der Waals surface area contributed by atoms with E-state index >= 15 is 0 Å². The van der Waals surface area contributed by atoms with Crippen LogP contribution in [0, 0.1) is 0 Å². The maximum Gasteiger partial charge on any atom is 0.203 e. The molecular weight excluding hydrogens is 254 g/mol. The highest BCUT2D eigenvalue weighted by Crippen LogP contribution is 2.40. The first kappa shape index (κ1) is 15.0. The summed E-state index contributed by atoms with van der Waals surface area (Å²) in [5.74, 6) is 2.19. The van der Waals surface area contributed by atoms with Crippen LogP contribution in [0.3, 0.4) is 0 Å². The van der Waals surface area contributed by atoms with Crippen molar-refractivity contribution in [2.24, 2.45) is 0 Å². The third-order valence-electron chi connectivity index (χ3n) is 3.96. The molecule has 1 fully saturated rings. The Morgan fingerprint density at radius 3 is 2.45 bits per heavy atom. The second-order valence-corrected chi connectivity index (χ2v) is 5.18. The standard InChI is InChI=1S/C16H25NO3/c1-18-14-10-8-12(15(19-2)16(14)20-3)7-9-13-6-4-5-11-17-13/h8,10,13,17H,4-7,9,11H2,1-3H3. The molecule has 1 aliphatic heterocycles. The van der Waals surface area contributed by atoms with Crippen molar-refractivity contribution in [3.63, 3.8) is 0 Å². The van der Waals surface area contributed by atoms with Crippen molar-refractivity contribution < 1.29 is 14.2 Å². The molecule has 0 saturated carbocycles. The first-order valence-corrected chi connectivity index (χ1v) is 7.31. The Labute approximate surface area is 121 Å². The molecule has 1 aromatic carbocycles. The first-order chi connectivity index (χ1) is 9.80. The monoisotopic (exact) mass is 279 g/mol. The molecular formula is C16H25NO3. The average Bonchev–Trinajstić information content (AvgIpc) is 2.52. The SMILES string of the molecule is COc1ccc(CCC2CCCCN2)c(OC)c1OC. The van der Waals surface area contributed by atoms with Crippen molar-refractivity contribution >= 4 is 0 Å².